The zero-order valence-corrected chi connectivity index (χ0v) is 15.3. The van der Waals surface area contributed by atoms with Gasteiger partial charge in [0.1, 0.15) is 11.5 Å². The minimum atomic E-state index is -0.931. The number of benzene rings is 2. The SMILES string of the molecule is COc1ccc(CN2CC(C(=O)O)CC2=O)c(OCCc2ccccc2)c1. The van der Waals surface area contributed by atoms with Crippen molar-refractivity contribution in [3.05, 3.63) is 59.7 Å². The van der Waals surface area contributed by atoms with E-state index >= 15 is 0 Å². The third-order valence-electron chi connectivity index (χ3n) is 4.69. The molecule has 0 radical (unpaired) electrons. The molecule has 1 amide bonds. The van der Waals surface area contributed by atoms with Gasteiger partial charge in [-0.3, -0.25) is 9.59 Å². The maximum atomic E-state index is 12.1. The van der Waals surface area contributed by atoms with Gasteiger partial charge in [0.25, 0.3) is 0 Å². The number of aliphatic carboxylic acids is 1. The number of carboxylic acid groups (broad SMARTS) is 1. The van der Waals surface area contributed by atoms with E-state index in [2.05, 4.69) is 0 Å². The fourth-order valence-electron chi connectivity index (χ4n) is 3.15. The number of likely N-dealkylation sites (tertiary alicyclic amines) is 1. The summed E-state index contributed by atoms with van der Waals surface area (Å²) in [6.45, 7) is 1.05. The monoisotopic (exact) mass is 369 g/mol. The molecule has 142 valence electrons. The molecule has 0 bridgehead atoms. The molecule has 1 unspecified atom stereocenters. The van der Waals surface area contributed by atoms with Crippen molar-refractivity contribution in [2.24, 2.45) is 5.92 Å². The van der Waals surface area contributed by atoms with Gasteiger partial charge in [-0.05, 0) is 17.7 Å². The van der Waals surface area contributed by atoms with Crippen LogP contribution < -0.4 is 9.47 Å². The summed E-state index contributed by atoms with van der Waals surface area (Å²) in [4.78, 5) is 24.8. The van der Waals surface area contributed by atoms with Gasteiger partial charge in [0.15, 0.2) is 0 Å². The predicted molar refractivity (Wildman–Crippen MR) is 99.8 cm³/mol. The van der Waals surface area contributed by atoms with Crippen LogP contribution in [0.4, 0.5) is 0 Å². The number of carbonyl (C=O) groups excluding carboxylic acids is 1. The van der Waals surface area contributed by atoms with Crippen LogP contribution >= 0.6 is 0 Å². The van der Waals surface area contributed by atoms with Crippen molar-refractivity contribution in [2.75, 3.05) is 20.3 Å². The second-order valence-electron chi connectivity index (χ2n) is 6.57. The van der Waals surface area contributed by atoms with Crippen molar-refractivity contribution in [1.82, 2.24) is 4.90 Å². The van der Waals surface area contributed by atoms with Gasteiger partial charge in [0.05, 0.1) is 19.6 Å². The molecule has 0 aromatic heterocycles. The van der Waals surface area contributed by atoms with Crippen LogP contribution in [0.1, 0.15) is 17.5 Å². The Labute approximate surface area is 158 Å². The van der Waals surface area contributed by atoms with E-state index in [1.807, 2.05) is 42.5 Å². The maximum Gasteiger partial charge on any atom is 0.308 e. The third kappa shape index (κ3) is 4.78. The van der Waals surface area contributed by atoms with Gasteiger partial charge in [-0.2, -0.15) is 0 Å². The Kier molecular flexibility index (Phi) is 5.96. The summed E-state index contributed by atoms with van der Waals surface area (Å²) in [6, 6.07) is 15.5. The fraction of sp³-hybridized carbons (Fsp3) is 0.333. The van der Waals surface area contributed by atoms with E-state index in [4.69, 9.17) is 14.6 Å². The highest BCUT2D eigenvalue weighted by molar-refractivity contribution is 5.86. The van der Waals surface area contributed by atoms with E-state index < -0.39 is 11.9 Å². The smallest absolute Gasteiger partial charge is 0.308 e. The molecule has 6 nitrogen and oxygen atoms in total. The van der Waals surface area contributed by atoms with Gasteiger partial charge in [-0.25, -0.2) is 0 Å². The normalized spacial score (nSPS) is 16.4. The second-order valence-corrected chi connectivity index (χ2v) is 6.57. The Balaban J connectivity index is 1.69. The molecule has 27 heavy (non-hydrogen) atoms. The van der Waals surface area contributed by atoms with Crippen LogP contribution in [0.25, 0.3) is 0 Å². The molecule has 1 heterocycles. The first-order valence-electron chi connectivity index (χ1n) is 8.91. The number of nitrogens with zero attached hydrogens (tertiary/aromatic N) is 1. The minimum Gasteiger partial charge on any atom is -0.497 e. The number of ether oxygens (including phenoxy) is 2. The molecule has 1 atom stereocenters. The van der Waals surface area contributed by atoms with E-state index in [1.54, 1.807) is 18.1 Å². The molecule has 0 saturated carbocycles. The first-order valence-corrected chi connectivity index (χ1v) is 8.91. The Morgan fingerprint density at radius 3 is 2.67 bits per heavy atom. The summed E-state index contributed by atoms with van der Waals surface area (Å²) < 4.78 is 11.2. The molecular formula is C21H23NO5. The van der Waals surface area contributed by atoms with E-state index in [1.165, 1.54) is 5.56 Å². The molecule has 0 spiro atoms. The van der Waals surface area contributed by atoms with Gasteiger partial charge in [0.2, 0.25) is 5.91 Å². The number of carboxylic acids is 1. The van der Waals surface area contributed by atoms with Crippen molar-refractivity contribution in [3.63, 3.8) is 0 Å². The summed E-state index contributed by atoms with van der Waals surface area (Å²) in [5, 5.41) is 9.14. The average molecular weight is 369 g/mol. The Bertz CT molecular complexity index is 805. The van der Waals surface area contributed by atoms with E-state index in [0.29, 0.717) is 24.7 Å². The third-order valence-corrected chi connectivity index (χ3v) is 4.69. The molecule has 1 fully saturated rings. The molecule has 6 heteroatoms. The minimum absolute atomic E-state index is 0.0513. The quantitative estimate of drug-likeness (QED) is 0.774. The molecule has 1 N–H and O–H groups in total. The van der Waals surface area contributed by atoms with Crippen molar-refractivity contribution in [3.8, 4) is 11.5 Å². The Morgan fingerprint density at radius 2 is 2.00 bits per heavy atom. The standard InChI is InChI=1S/C21H23NO5/c1-26-18-8-7-16(13-22-14-17(21(24)25)11-20(22)23)19(12-18)27-10-9-15-5-3-2-4-6-15/h2-8,12,17H,9-11,13-14H2,1H3,(H,24,25). The van der Waals surface area contributed by atoms with Crippen molar-refractivity contribution in [2.45, 2.75) is 19.4 Å². The van der Waals surface area contributed by atoms with E-state index in [0.717, 1.165) is 12.0 Å². The highest BCUT2D eigenvalue weighted by Crippen LogP contribution is 2.28. The first kappa shape index (κ1) is 18.8. The van der Waals surface area contributed by atoms with Crippen LogP contribution in [0, 0.1) is 5.92 Å². The number of rotatable bonds is 8. The van der Waals surface area contributed by atoms with Crippen molar-refractivity contribution in [1.29, 1.82) is 0 Å². The number of amides is 1. The van der Waals surface area contributed by atoms with Gasteiger partial charge in [-0.15, -0.1) is 0 Å². The summed E-state index contributed by atoms with van der Waals surface area (Å²) in [5.74, 6) is -0.395. The lowest BCUT2D eigenvalue weighted by molar-refractivity contribution is -0.141. The van der Waals surface area contributed by atoms with Crippen molar-refractivity contribution >= 4 is 11.9 Å². The molecular weight excluding hydrogens is 346 g/mol. The maximum absolute atomic E-state index is 12.1. The van der Waals surface area contributed by atoms with Gasteiger partial charge in [-0.1, -0.05) is 30.3 Å². The summed E-state index contributed by atoms with van der Waals surface area (Å²) in [5.41, 5.74) is 2.02. The Morgan fingerprint density at radius 1 is 1.22 bits per heavy atom. The zero-order chi connectivity index (χ0) is 19.2. The number of hydrogen-bond acceptors (Lipinski definition) is 4. The van der Waals surface area contributed by atoms with Crippen molar-refractivity contribution < 1.29 is 24.2 Å². The summed E-state index contributed by atoms with van der Waals surface area (Å²) in [7, 11) is 1.59. The van der Waals surface area contributed by atoms with E-state index in [-0.39, 0.29) is 18.9 Å². The van der Waals surface area contributed by atoms with Crippen LogP contribution in [0.3, 0.4) is 0 Å². The highest BCUT2D eigenvalue weighted by atomic mass is 16.5. The van der Waals surface area contributed by atoms with Gasteiger partial charge < -0.3 is 19.5 Å². The number of methoxy groups -OCH3 is 1. The van der Waals surface area contributed by atoms with Crippen LogP contribution in [0.15, 0.2) is 48.5 Å². The predicted octanol–water partition coefficient (Wildman–Crippen LogP) is 2.75. The van der Waals surface area contributed by atoms with Crippen LogP contribution in [-0.4, -0.2) is 42.1 Å². The zero-order valence-electron chi connectivity index (χ0n) is 15.3. The van der Waals surface area contributed by atoms with Crippen LogP contribution in [0.5, 0.6) is 11.5 Å². The van der Waals surface area contributed by atoms with Crippen LogP contribution in [-0.2, 0) is 22.6 Å². The van der Waals surface area contributed by atoms with Gasteiger partial charge >= 0.3 is 5.97 Å². The molecule has 1 aliphatic rings. The average Bonchev–Trinajstić information content (AvgIpc) is 3.05. The second kappa shape index (κ2) is 8.58. The van der Waals surface area contributed by atoms with Gasteiger partial charge in [0, 0.05) is 37.6 Å². The first-order chi connectivity index (χ1) is 13.1. The Hall–Kier alpha value is -3.02. The molecule has 1 aliphatic heterocycles. The largest absolute Gasteiger partial charge is 0.497 e. The summed E-state index contributed by atoms with van der Waals surface area (Å²) in [6.07, 6.45) is 0.816. The topological polar surface area (TPSA) is 76.1 Å². The van der Waals surface area contributed by atoms with Crippen LogP contribution in [0.2, 0.25) is 0 Å². The molecule has 2 aromatic rings. The lowest BCUT2D eigenvalue weighted by Gasteiger charge is -2.19. The molecule has 0 aliphatic carbocycles. The highest BCUT2D eigenvalue weighted by Gasteiger charge is 2.34. The lowest BCUT2D eigenvalue weighted by Crippen LogP contribution is -2.26. The number of carbonyl (C=O) groups is 2. The molecule has 2 aromatic carbocycles. The molecule has 3 rings (SSSR count). The molecule has 1 saturated heterocycles. The fourth-order valence-corrected chi connectivity index (χ4v) is 3.15. The van der Waals surface area contributed by atoms with E-state index in [9.17, 15) is 9.59 Å². The summed E-state index contributed by atoms with van der Waals surface area (Å²) >= 11 is 0. The lowest BCUT2D eigenvalue weighted by atomic mass is 10.1. The number of hydrogen-bond donors (Lipinski definition) is 1.